The molecule has 0 radical (unpaired) electrons. The van der Waals surface area contributed by atoms with Gasteiger partial charge < -0.3 is 10.2 Å². The first-order chi connectivity index (χ1) is 17.0. The molecule has 9 heteroatoms. The Balaban J connectivity index is 2.05. The summed E-state index contributed by atoms with van der Waals surface area (Å²) in [6, 6.07) is 17.9. The van der Waals surface area contributed by atoms with Crippen molar-refractivity contribution in [1.29, 1.82) is 0 Å². The lowest BCUT2D eigenvalue weighted by Crippen LogP contribution is -2.50. The van der Waals surface area contributed by atoms with Gasteiger partial charge in [-0.2, -0.15) is 0 Å². The topological polar surface area (TPSA) is 86.8 Å². The van der Waals surface area contributed by atoms with Gasteiger partial charge in [0, 0.05) is 13.6 Å². The first-order valence-electron chi connectivity index (χ1n) is 11.4. The number of carbonyl (C=O) groups is 2. The van der Waals surface area contributed by atoms with E-state index in [4.69, 9.17) is 0 Å². The van der Waals surface area contributed by atoms with E-state index in [1.807, 2.05) is 19.9 Å². The molecule has 1 atom stereocenters. The summed E-state index contributed by atoms with van der Waals surface area (Å²) in [6.45, 7) is 4.73. The van der Waals surface area contributed by atoms with Gasteiger partial charge in [-0.15, -0.1) is 0 Å². The van der Waals surface area contributed by atoms with Gasteiger partial charge in [0.05, 0.1) is 10.6 Å². The predicted molar refractivity (Wildman–Crippen MR) is 137 cm³/mol. The van der Waals surface area contributed by atoms with Crippen LogP contribution in [0.25, 0.3) is 0 Å². The Bertz CT molecular complexity index is 1310. The molecule has 0 saturated carbocycles. The molecule has 0 aliphatic heterocycles. The van der Waals surface area contributed by atoms with Gasteiger partial charge in [0.15, 0.2) is 0 Å². The van der Waals surface area contributed by atoms with Gasteiger partial charge in [-0.25, -0.2) is 12.8 Å². The van der Waals surface area contributed by atoms with Crippen LogP contribution in [-0.4, -0.2) is 44.8 Å². The maximum atomic E-state index is 13.7. The predicted octanol–water partition coefficient (Wildman–Crippen LogP) is 3.80. The maximum Gasteiger partial charge on any atom is 0.264 e. The van der Waals surface area contributed by atoms with Crippen molar-refractivity contribution in [3.63, 3.8) is 0 Å². The molecule has 0 saturated heterocycles. The summed E-state index contributed by atoms with van der Waals surface area (Å²) in [5.41, 5.74) is 2.63. The van der Waals surface area contributed by atoms with Crippen LogP contribution in [0.4, 0.5) is 10.1 Å². The second kappa shape index (κ2) is 11.3. The van der Waals surface area contributed by atoms with Crippen LogP contribution in [0.1, 0.15) is 23.6 Å². The van der Waals surface area contributed by atoms with E-state index in [2.05, 4.69) is 5.32 Å². The molecule has 2 amide bonds. The normalized spacial score (nSPS) is 12.0. The molecule has 7 nitrogen and oxygen atoms in total. The third-order valence-electron chi connectivity index (χ3n) is 5.78. The van der Waals surface area contributed by atoms with Crippen molar-refractivity contribution >= 4 is 27.5 Å². The Hall–Kier alpha value is -3.72. The minimum absolute atomic E-state index is 0.000228. The molecule has 3 rings (SSSR count). The number of sulfonamides is 1. The number of benzene rings is 3. The molecule has 3 aromatic carbocycles. The number of halogens is 1. The molecule has 0 spiro atoms. The lowest BCUT2D eigenvalue weighted by atomic mass is 10.1. The first-order valence-corrected chi connectivity index (χ1v) is 12.9. The van der Waals surface area contributed by atoms with Crippen molar-refractivity contribution in [3.05, 3.63) is 95.3 Å². The fourth-order valence-corrected chi connectivity index (χ4v) is 5.34. The van der Waals surface area contributed by atoms with Crippen LogP contribution in [0.5, 0.6) is 0 Å². The largest absolute Gasteiger partial charge is 0.357 e. The number of nitrogens with one attached hydrogen (secondary N) is 1. The highest BCUT2D eigenvalue weighted by molar-refractivity contribution is 7.92. The summed E-state index contributed by atoms with van der Waals surface area (Å²) in [5.74, 6) is -1.41. The van der Waals surface area contributed by atoms with E-state index in [0.717, 1.165) is 15.4 Å². The number of amides is 2. The number of nitrogens with zero attached hydrogens (tertiary/aromatic N) is 2. The molecule has 0 aromatic heterocycles. The molecule has 0 fully saturated rings. The van der Waals surface area contributed by atoms with Crippen molar-refractivity contribution in [2.75, 3.05) is 17.9 Å². The van der Waals surface area contributed by atoms with Gasteiger partial charge in [0.2, 0.25) is 11.8 Å². The maximum absolute atomic E-state index is 13.7. The van der Waals surface area contributed by atoms with Gasteiger partial charge in [-0.3, -0.25) is 13.9 Å². The van der Waals surface area contributed by atoms with Crippen molar-refractivity contribution in [2.45, 2.75) is 38.3 Å². The van der Waals surface area contributed by atoms with E-state index < -0.39 is 40.2 Å². The molecular weight excluding hydrogens is 481 g/mol. The lowest BCUT2D eigenvalue weighted by molar-refractivity contribution is -0.139. The van der Waals surface area contributed by atoms with Gasteiger partial charge in [-0.1, -0.05) is 36.4 Å². The Morgan fingerprint density at radius 2 is 1.53 bits per heavy atom. The zero-order valence-electron chi connectivity index (χ0n) is 20.7. The van der Waals surface area contributed by atoms with Crippen LogP contribution in [0.3, 0.4) is 0 Å². The highest BCUT2D eigenvalue weighted by atomic mass is 32.2. The number of likely N-dealkylation sites (N-methyl/N-ethyl adjacent to an activating group) is 1. The van der Waals surface area contributed by atoms with Gasteiger partial charge >= 0.3 is 0 Å². The molecule has 0 aliphatic carbocycles. The zero-order chi connectivity index (χ0) is 26.5. The van der Waals surface area contributed by atoms with Gasteiger partial charge in [0.25, 0.3) is 10.0 Å². The Morgan fingerprint density at radius 3 is 2.08 bits per heavy atom. The lowest BCUT2D eigenvalue weighted by Gasteiger charge is -2.32. The van der Waals surface area contributed by atoms with E-state index in [9.17, 15) is 22.4 Å². The number of hydrogen-bond acceptors (Lipinski definition) is 4. The van der Waals surface area contributed by atoms with Crippen LogP contribution in [0, 0.1) is 19.7 Å². The van der Waals surface area contributed by atoms with Crippen LogP contribution >= 0.6 is 0 Å². The van der Waals surface area contributed by atoms with E-state index >= 15 is 0 Å². The number of aryl methyl sites for hydroxylation is 2. The number of carbonyl (C=O) groups excluding carboxylic acids is 2. The summed E-state index contributed by atoms with van der Waals surface area (Å²) in [7, 11) is -2.65. The number of anilines is 1. The quantitative estimate of drug-likeness (QED) is 0.474. The summed E-state index contributed by atoms with van der Waals surface area (Å²) in [5, 5.41) is 2.53. The molecule has 1 unspecified atom stereocenters. The highest BCUT2D eigenvalue weighted by Gasteiger charge is 2.32. The average Bonchev–Trinajstić information content (AvgIpc) is 2.85. The van der Waals surface area contributed by atoms with E-state index in [0.29, 0.717) is 11.3 Å². The second-order valence-corrected chi connectivity index (χ2v) is 10.5. The Kier molecular flexibility index (Phi) is 8.47. The molecule has 0 heterocycles. The smallest absolute Gasteiger partial charge is 0.264 e. The summed E-state index contributed by atoms with van der Waals surface area (Å²) < 4.78 is 41.9. The number of hydrogen-bond donors (Lipinski definition) is 1. The van der Waals surface area contributed by atoms with E-state index in [1.54, 1.807) is 37.3 Å². The highest BCUT2D eigenvalue weighted by Crippen LogP contribution is 2.26. The summed E-state index contributed by atoms with van der Waals surface area (Å²) in [6.07, 6.45) is 0. The molecule has 1 N–H and O–H groups in total. The standard InChI is InChI=1S/C27H30FN3O4S/c1-19-14-20(2)16-24(15-19)31(36(34,35)25-8-6-5-7-9-25)18-26(32)30(21(3)27(33)29-4)17-22-10-12-23(28)13-11-22/h5-16,21H,17-18H2,1-4H3,(H,29,33). The second-order valence-electron chi connectivity index (χ2n) is 8.61. The molecule has 0 bridgehead atoms. The van der Waals surface area contributed by atoms with Crippen LogP contribution in [0.15, 0.2) is 77.7 Å². The molecule has 0 aliphatic rings. The fourth-order valence-electron chi connectivity index (χ4n) is 3.92. The first kappa shape index (κ1) is 26.9. The molecule has 3 aromatic rings. The zero-order valence-corrected chi connectivity index (χ0v) is 21.5. The third kappa shape index (κ3) is 6.28. The molecular formula is C27H30FN3O4S. The SMILES string of the molecule is CNC(=O)C(C)N(Cc1ccc(F)cc1)C(=O)CN(c1cc(C)cc(C)c1)S(=O)(=O)c1ccccc1. The van der Waals surface area contributed by atoms with E-state index in [-0.39, 0.29) is 11.4 Å². The minimum Gasteiger partial charge on any atom is -0.357 e. The van der Waals surface area contributed by atoms with Crippen molar-refractivity contribution in [3.8, 4) is 0 Å². The Labute approximate surface area is 211 Å². The monoisotopic (exact) mass is 511 g/mol. The Morgan fingerprint density at radius 1 is 0.944 bits per heavy atom. The van der Waals surface area contributed by atoms with Crippen molar-refractivity contribution in [1.82, 2.24) is 10.2 Å². The summed E-state index contributed by atoms with van der Waals surface area (Å²) >= 11 is 0. The number of rotatable bonds is 9. The third-order valence-corrected chi connectivity index (χ3v) is 7.57. The van der Waals surface area contributed by atoms with Gasteiger partial charge in [-0.05, 0) is 73.9 Å². The fraction of sp³-hybridized carbons (Fsp3) is 0.259. The van der Waals surface area contributed by atoms with Crippen molar-refractivity contribution < 1.29 is 22.4 Å². The van der Waals surface area contributed by atoms with Crippen LogP contribution in [-0.2, 0) is 26.2 Å². The molecule has 190 valence electrons. The van der Waals surface area contributed by atoms with Crippen molar-refractivity contribution in [2.24, 2.45) is 0 Å². The summed E-state index contributed by atoms with van der Waals surface area (Å²) in [4.78, 5) is 27.5. The van der Waals surface area contributed by atoms with Crippen LogP contribution in [0.2, 0.25) is 0 Å². The minimum atomic E-state index is -4.11. The molecule has 36 heavy (non-hydrogen) atoms. The average molecular weight is 512 g/mol. The van der Waals surface area contributed by atoms with Crippen LogP contribution < -0.4 is 9.62 Å². The van der Waals surface area contributed by atoms with Gasteiger partial charge in [0.1, 0.15) is 18.4 Å². The van der Waals surface area contributed by atoms with E-state index in [1.165, 1.54) is 48.3 Å².